The third kappa shape index (κ3) is 3.33. The summed E-state index contributed by atoms with van der Waals surface area (Å²) in [7, 11) is 0. The highest BCUT2D eigenvalue weighted by Crippen LogP contribution is 2.39. The Labute approximate surface area is 204 Å². The SMILES string of the molecule is c1ccc(N(c2ccc3ccccc3c2)c2ccc3c(ccc4ccc5ccccc5c43)c2)cc1. The summed E-state index contributed by atoms with van der Waals surface area (Å²) in [6, 6.07) is 50.3. The highest BCUT2D eigenvalue weighted by atomic mass is 15.1. The van der Waals surface area contributed by atoms with E-state index in [1.165, 1.54) is 43.1 Å². The van der Waals surface area contributed by atoms with Crippen LogP contribution in [0.1, 0.15) is 0 Å². The molecule has 0 aliphatic rings. The molecule has 0 radical (unpaired) electrons. The molecule has 0 spiro atoms. The Morgan fingerprint density at radius 2 is 0.857 bits per heavy atom. The van der Waals surface area contributed by atoms with E-state index in [4.69, 9.17) is 0 Å². The van der Waals surface area contributed by atoms with Gasteiger partial charge >= 0.3 is 0 Å². The summed E-state index contributed by atoms with van der Waals surface area (Å²) in [5.41, 5.74) is 3.45. The van der Waals surface area contributed by atoms with Crippen molar-refractivity contribution in [3.63, 3.8) is 0 Å². The lowest BCUT2D eigenvalue weighted by molar-refractivity contribution is 1.29. The molecular formula is C34H23N. The second-order valence-corrected chi connectivity index (χ2v) is 9.06. The molecule has 0 N–H and O–H groups in total. The minimum absolute atomic E-state index is 1.15. The average molecular weight is 446 g/mol. The van der Waals surface area contributed by atoms with Crippen molar-refractivity contribution in [1.82, 2.24) is 0 Å². The fraction of sp³-hybridized carbons (Fsp3) is 0. The summed E-state index contributed by atoms with van der Waals surface area (Å²) in [6.07, 6.45) is 0. The molecule has 0 amide bonds. The van der Waals surface area contributed by atoms with Gasteiger partial charge in [-0.1, -0.05) is 103 Å². The molecule has 0 aromatic heterocycles. The molecule has 35 heavy (non-hydrogen) atoms. The maximum Gasteiger partial charge on any atom is 0.0468 e. The molecule has 0 fully saturated rings. The van der Waals surface area contributed by atoms with Gasteiger partial charge in [0.2, 0.25) is 0 Å². The summed E-state index contributed by atoms with van der Waals surface area (Å²) in [6.45, 7) is 0. The van der Waals surface area contributed by atoms with Gasteiger partial charge in [0.1, 0.15) is 0 Å². The monoisotopic (exact) mass is 445 g/mol. The van der Waals surface area contributed by atoms with Crippen LogP contribution in [0.15, 0.2) is 140 Å². The topological polar surface area (TPSA) is 3.24 Å². The van der Waals surface area contributed by atoms with Crippen LogP contribution in [-0.2, 0) is 0 Å². The van der Waals surface area contributed by atoms with Crippen molar-refractivity contribution in [3.05, 3.63) is 140 Å². The molecular weight excluding hydrogens is 422 g/mol. The van der Waals surface area contributed by atoms with Crippen molar-refractivity contribution in [2.24, 2.45) is 0 Å². The van der Waals surface area contributed by atoms with E-state index in [1.807, 2.05) is 0 Å². The summed E-state index contributed by atoms with van der Waals surface area (Å²) >= 11 is 0. The lowest BCUT2D eigenvalue weighted by Gasteiger charge is -2.26. The van der Waals surface area contributed by atoms with Gasteiger partial charge in [-0.25, -0.2) is 0 Å². The summed E-state index contributed by atoms with van der Waals surface area (Å²) in [4.78, 5) is 2.35. The van der Waals surface area contributed by atoms with Crippen LogP contribution in [0.5, 0.6) is 0 Å². The van der Waals surface area contributed by atoms with Crippen molar-refractivity contribution in [2.75, 3.05) is 4.90 Å². The second-order valence-electron chi connectivity index (χ2n) is 9.06. The lowest BCUT2D eigenvalue weighted by atomic mass is 9.96. The first kappa shape index (κ1) is 19.8. The van der Waals surface area contributed by atoms with Crippen LogP contribution in [0, 0.1) is 0 Å². The quantitative estimate of drug-likeness (QED) is 0.245. The Morgan fingerprint density at radius 3 is 1.69 bits per heavy atom. The van der Waals surface area contributed by atoms with Crippen molar-refractivity contribution < 1.29 is 0 Å². The smallest absolute Gasteiger partial charge is 0.0468 e. The van der Waals surface area contributed by atoms with E-state index < -0.39 is 0 Å². The van der Waals surface area contributed by atoms with Gasteiger partial charge in [0.25, 0.3) is 0 Å². The predicted molar refractivity (Wildman–Crippen MR) is 151 cm³/mol. The molecule has 0 bridgehead atoms. The van der Waals surface area contributed by atoms with Crippen LogP contribution in [0.3, 0.4) is 0 Å². The van der Waals surface area contributed by atoms with Gasteiger partial charge in [-0.2, -0.15) is 0 Å². The summed E-state index contributed by atoms with van der Waals surface area (Å²) in [5.74, 6) is 0. The highest BCUT2D eigenvalue weighted by Gasteiger charge is 2.14. The van der Waals surface area contributed by atoms with E-state index in [0.29, 0.717) is 0 Å². The standard InChI is InChI=1S/C34H23N/c1-2-11-29(12-3-1)35(30-19-18-24-8-4-5-10-27(24)22-30)31-20-21-33-28(23-31)17-16-26-15-14-25-9-6-7-13-32(25)34(26)33/h1-23H. The Hall–Kier alpha value is -4.62. The molecule has 0 saturated carbocycles. The van der Waals surface area contributed by atoms with Gasteiger partial charge in [0, 0.05) is 17.1 Å². The molecule has 0 heterocycles. The molecule has 0 aliphatic heterocycles. The number of fused-ring (bicyclic) bond motifs is 6. The van der Waals surface area contributed by atoms with Gasteiger partial charge in [-0.05, 0) is 79.5 Å². The highest BCUT2D eigenvalue weighted by molar-refractivity contribution is 6.20. The van der Waals surface area contributed by atoms with Gasteiger partial charge in [-0.15, -0.1) is 0 Å². The van der Waals surface area contributed by atoms with Gasteiger partial charge in [0.05, 0.1) is 0 Å². The van der Waals surface area contributed by atoms with E-state index >= 15 is 0 Å². The normalized spacial score (nSPS) is 11.4. The predicted octanol–water partition coefficient (Wildman–Crippen LogP) is 9.77. The largest absolute Gasteiger partial charge is 0.310 e. The maximum absolute atomic E-state index is 2.35. The third-order valence-electron chi connectivity index (χ3n) is 6.97. The Kier molecular flexibility index (Phi) is 4.53. The van der Waals surface area contributed by atoms with Crippen molar-refractivity contribution in [3.8, 4) is 0 Å². The Morgan fingerprint density at radius 1 is 0.314 bits per heavy atom. The molecule has 7 rings (SSSR count). The van der Waals surface area contributed by atoms with Crippen LogP contribution in [-0.4, -0.2) is 0 Å². The van der Waals surface area contributed by atoms with Crippen LogP contribution in [0.2, 0.25) is 0 Å². The number of rotatable bonds is 3. The zero-order valence-corrected chi connectivity index (χ0v) is 19.2. The van der Waals surface area contributed by atoms with Crippen molar-refractivity contribution >= 4 is 60.2 Å². The molecule has 7 aromatic rings. The molecule has 0 saturated heterocycles. The van der Waals surface area contributed by atoms with E-state index in [0.717, 1.165) is 17.1 Å². The molecule has 164 valence electrons. The Bertz CT molecular complexity index is 1850. The van der Waals surface area contributed by atoms with Crippen LogP contribution in [0.4, 0.5) is 17.1 Å². The number of benzene rings is 7. The second kappa shape index (κ2) is 8.00. The van der Waals surface area contributed by atoms with Crippen LogP contribution in [0.25, 0.3) is 43.1 Å². The average Bonchev–Trinajstić information content (AvgIpc) is 2.93. The van der Waals surface area contributed by atoms with Gasteiger partial charge in [0.15, 0.2) is 0 Å². The number of para-hydroxylation sites is 1. The number of hydrogen-bond acceptors (Lipinski definition) is 1. The minimum atomic E-state index is 1.15. The fourth-order valence-electron chi connectivity index (χ4n) is 5.30. The van der Waals surface area contributed by atoms with Gasteiger partial charge < -0.3 is 4.90 Å². The molecule has 7 aromatic carbocycles. The molecule has 0 aliphatic carbocycles. The molecule has 1 heteroatoms. The number of anilines is 3. The minimum Gasteiger partial charge on any atom is -0.310 e. The molecule has 0 unspecified atom stereocenters. The van der Waals surface area contributed by atoms with Crippen molar-refractivity contribution in [2.45, 2.75) is 0 Å². The number of hydrogen-bond donors (Lipinski definition) is 0. The van der Waals surface area contributed by atoms with Crippen molar-refractivity contribution in [1.29, 1.82) is 0 Å². The fourth-order valence-corrected chi connectivity index (χ4v) is 5.30. The summed E-state index contributed by atoms with van der Waals surface area (Å²) < 4.78 is 0. The van der Waals surface area contributed by atoms with E-state index in [2.05, 4.69) is 144 Å². The molecule has 1 nitrogen and oxygen atoms in total. The van der Waals surface area contributed by atoms with E-state index in [1.54, 1.807) is 0 Å². The first-order valence-electron chi connectivity index (χ1n) is 12.0. The first-order chi connectivity index (χ1) is 17.3. The third-order valence-corrected chi connectivity index (χ3v) is 6.97. The van der Waals surface area contributed by atoms with Crippen LogP contribution < -0.4 is 4.90 Å². The maximum atomic E-state index is 2.35. The van der Waals surface area contributed by atoms with Gasteiger partial charge in [-0.3, -0.25) is 0 Å². The number of nitrogens with zero attached hydrogens (tertiary/aromatic N) is 1. The first-order valence-corrected chi connectivity index (χ1v) is 12.0. The van der Waals surface area contributed by atoms with Crippen LogP contribution >= 0.6 is 0 Å². The van der Waals surface area contributed by atoms with E-state index in [9.17, 15) is 0 Å². The van der Waals surface area contributed by atoms with E-state index in [-0.39, 0.29) is 0 Å². The summed E-state index contributed by atoms with van der Waals surface area (Å²) in [5, 5.41) is 10.2. The zero-order chi connectivity index (χ0) is 23.2. The molecule has 0 atom stereocenters. The Balaban J connectivity index is 1.47. The lowest BCUT2D eigenvalue weighted by Crippen LogP contribution is -2.09. The zero-order valence-electron chi connectivity index (χ0n) is 19.2.